The zero-order valence-corrected chi connectivity index (χ0v) is 23.3. The van der Waals surface area contributed by atoms with Crippen molar-refractivity contribution < 1.29 is 4.79 Å². The van der Waals surface area contributed by atoms with Crippen LogP contribution in [0.1, 0.15) is 61.1 Å². The Labute approximate surface area is 233 Å². The van der Waals surface area contributed by atoms with Crippen LogP contribution in [0.2, 0.25) is 15.1 Å². The molecule has 1 N–H and O–H groups in total. The summed E-state index contributed by atoms with van der Waals surface area (Å²) in [5, 5.41) is 4.82. The number of nitrogens with zero attached hydrogens (tertiary/aromatic N) is 2. The summed E-state index contributed by atoms with van der Waals surface area (Å²) in [4.78, 5) is 18.1. The molecule has 4 nitrogen and oxygen atoms in total. The summed E-state index contributed by atoms with van der Waals surface area (Å²) in [5.41, 5.74) is 2.73. The third kappa shape index (κ3) is 4.93. The van der Waals surface area contributed by atoms with Gasteiger partial charge in [-0.05, 0) is 124 Å². The minimum atomic E-state index is -0.151. The molecule has 4 saturated carbocycles. The molecule has 7 rings (SSSR count). The summed E-state index contributed by atoms with van der Waals surface area (Å²) < 4.78 is 1.95. The molecule has 4 fully saturated rings. The highest BCUT2D eigenvalue weighted by molar-refractivity contribution is 6.36. The SMILES string of the molecule is Cc1c(C(=O)NCCCC2C3CC4CC(C3)CC2C4)nc(-c2ccc(Cl)cc2Cl)n1-c1ccc(Cl)cc1. The summed E-state index contributed by atoms with van der Waals surface area (Å²) in [7, 11) is 0. The van der Waals surface area contributed by atoms with Gasteiger partial charge in [0, 0.05) is 27.8 Å². The van der Waals surface area contributed by atoms with Crippen molar-refractivity contribution in [2.75, 3.05) is 6.54 Å². The van der Waals surface area contributed by atoms with Gasteiger partial charge in [-0.2, -0.15) is 0 Å². The van der Waals surface area contributed by atoms with Gasteiger partial charge in [0.05, 0.1) is 10.7 Å². The molecule has 0 unspecified atom stereocenters. The second-order valence-corrected chi connectivity index (χ2v) is 12.6. The molecule has 1 aromatic heterocycles. The number of carbonyl (C=O) groups excluding carboxylic acids is 1. The molecule has 0 radical (unpaired) electrons. The van der Waals surface area contributed by atoms with Crippen molar-refractivity contribution in [1.82, 2.24) is 14.9 Å². The highest BCUT2D eigenvalue weighted by Gasteiger charge is 2.47. The van der Waals surface area contributed by atoms with Crippen molar-refractivity contribution in [3.05, 3.63) is 68.9 Å². The number of carbonyl (C=O) groups is 1. The number of aromatic nitrogens is 2. The van der Waals surface area contributed by atoms with Crippen molar-refractivity contribution in [2.24, 2.45) is 29.6 Å². The minimum absolute atomic E-state index is 0.151. The van der Waals surface area contributed by atoms with Gasteiger partial charge in [-0.3, -0.25) is 9.36 Å². The monoisotopic (exact) mass is 555 g/mol. The first-order valence-corrected chi connectivity index (χ1v) is 14.6. The number of nitrogens with one attached hydrogen (secondary N) is 1. The Morgan fingerprint density at radius 3 is 2.24 bits per heavy atom. The molecular formula is C30H32Cl3N3O. The third-order valence-corrected chi connectivity index (χ3v) is 9.80. The average Bonchev–Trinajstić information content (AvgIpc) is 3.20. The van der Waals surface area contributed by atoms with Crippen molar-refractivity contribution in [3.63, 3.8) is 0 Å². The number of hydrogen-bond acceptors (Lipinski definition) is 2. The molecule has 0 spiro atoms. The molecule has 1 heterocycles. The minimum Gasteiger partial charge on any atom is -0.351 e. The van der Waals surface area contributed by atoms with Crippen molar-refractivity contribution in [3.8, 4) is 17.1 Å². The van der Waals surface area contributed by atoms with E-state index in [1.54, 1.807) is 12.1 Å². The van der Waals surface area contributed by atoms with E-state index in [0.29, 0.717) is 38.7 Å². The molecule has 4 aliphatic carbocycles. The van der Waals surface area contributed by atoms with Crippen LogP contribution in [0.4, 0.5) is 0 Å². The Morgan fingerprint density at radius 1 is 0.946 bits per heavy atom. The van der Waals surface area contributed by atoms with Gasteiger partial charge < -0.3 is 5.32 Å². The highest BCUT2D eigenvalue weighted by atomic mass is 35.5. The Hall–Kier alpha value is -2.01. The van der Waals surface area contributed by atoms with Crippen LogP contribution in [0.15, 0.2) is 42.5 Å². The van der Waals surface area contributed by atoms with Gasteiger partial charge >= 0.3 is 0 Å². The fourth-order valence-corrected chi connectivity index (χ4v) is 8.23. The zero-order valence-electron chi connectivity index (χ0n) is 21.0. The Morgan fingerprint density at radius 2 is 1.59 bits per heavy atom. The molecule has 4 bridgehead atoms. The second-order valence-electron chi connectivity index (χ2n) is 11.3. The standard InChI is InChI=1S/C30H32Cl3N3O/c1-17-28(30(37)34-10-2-3-25-20-12-18-11-19(14-20)15-21(25)13-18)35-29(26-9-6-23(32)16-27(26)33)36(17)24-7-4-22(31)5-8-24/h4-9,16,18-21,25H,2-3,10-15H2,1H3,(H,34,37). The summed E-state index contributed by atoms with van der Waals surface area (Å²) in [5.74, 6) is 5.16. The number of halogens is 3. The van der Waals surface area contributed by atoms with E-state index in [1.807, 2.05) is 41.8 Å². The quantitative estimate of drug-likeness (QED) is 0.297. The van der Waals surface area contributed by atoms with Crippen LogP contribution in [0.25, 0.3) is 17.1 Å². The number of imidazole rings is 1. The summed E-state index contributed by atoms with van der Waals surface area (Å²) in [6.07, 6.45) is 9.51. The van der Waals surface area contributed by atoms with Crippen molar-refractivity contribution in [2.45, 2.75) is 51.9 Å². The third-order valence-electron chi connectivity index (χ3n) is 9.00. The lowest BCUT2D eigenvalue weighted by Gasteiger charge is -2.54. The molecule has 2 aromatic carbocycles. The van der Waals surface area contributed by atoms with Gasteiger partial charge in [0.15, 0.2) is 0 Å². The summed E-state index contributed by atoms with van der Waals surface area (Å²) in [6, 6.07) is 12.8. The van der Waals surface area contributed by atoms with Crippen LogP contribution in [0.5, 0.6) is 0 Å². The second kappa shape index (κ2) is 10.3. The molecule has 0 aliphatic heterocycles. The predicted octanol–water partition coefficient (Wildman–Crippen LogP) is 8.39. The molecule has 1 amide bonds. The van der Waals surface area contributed by atoms with Gasteiger partial charge in [-0.15, -0.1) is 0 Å². The summed E-state index contributed by atoms with van der Waals surface area (Å²) in [6.45, 7) is 2.59. The maximum Gasteiger partial charge on any atom is 0.271 e. The van der Waals surface area contributed by atoms with Gasteiger partial charge in [-0.25, -0.2) is 4.98 Å². The van der Waals surface area contributed by atoms with Gasteiger partial charge in [0.2, 0.25) is 0 Å². The number of rotatable bonds is 7. The van der Waals surface area contributed by atoms with E-state index in [4.69, 9.17) is 39.8 Å². The first kappa shape index (κ1) is 25.3. The predicted molar refractivity (Wildman–Crippen MR) is 151 cm³/mol. The summed E-state index contributed by atoms with van der Waals surface area (Å²) >= 11 is 18.8. The van der Waals surface area contributed by atoms with Crippen molar-refractivity contribution in [1.29, 1.82) is 0 Å². The molecule has 0 saturated heterocycles. The van der Waals surface area contributed by atoms with E-state index in [1.165, 1.54) is 38.5 Å². The Kier molecular flexibility index (Phi) is 7.02. The lowest BCUT2D eigenvalue weighted by atomic mass is 9.51. The van der Waals surface area contributed by atoms with Crippen LogP contribution in [0, 0.1) is 36.5 Å². The van der Waals surface area contributed by atoms with E-state index in [-0.39, 0.29) is 5.91 Å². The van der Waals surface area contributed by atoms with Crippen LogP contribution in [-0.2, 0) is 0 Å². The zero-order chi connectivity index (χ0) is 25.7. The van der Waals surface area contributed by atoms with Crippen LogP contribution >= 0.6 is 34.8 Å². The van der Waals surface area contributed by atoms with Gasteiger partial charge in [-0.1, -0.05) is 34.8 Å². The number of amides is 1. The lowest BCUT2D eigenvalue weighted by Crippen LogP contribution is -2.45. The smallest absolute Gasteiger partial charge is 0.271 e. The van der Waals surface area contributed by atoms with E-state index in [2.05, 4.69) is 5.32 Å². The number of benzene rings is 2. The van der Waals surface area contributed by atoms with E-state index in [0.717, 1.165) is 47.4 Å². The largest absolute Gasteiger partial charge is 0.351 e. The van der Waals surface area contributed by atoms with E-state index >= 15 is 0 Å². The van der Waals surface area contributed by atoms with Crippen molar-refractivity contribution >= 4 is 40.7 Å². The fourth-order valence-electron chi connectivity index (χ4n) is 7.61. The molecular weight excluding hydrogens is 525 g/mol. The molecule has 4 aliphatic rings. The van der Waals surface area contributed by atoms with Gasteiger partial charge in [0.1, 0.15) is 11.5 Å². The lowest BCUT2D eigenvalue weighted by molar-refractivity contribution is -0.0401. The molecule has 7 heteroatoms. The molecule has 194 valence electrons. The normalized spacial score (nSPS) is 26.0. The van der Waals surface area contributed by atoms with Crippen LogP contribution in [-0.4, -0.2) is 22.0 Å². The Bertz CT molecular complexity index is 1290. The first-order valence-electron chi connectivity index (χ1n) is 13.5. The van der Waals surface area contributed by atoms with Crippen LogP contribution < -0.4 is 5.32 Å². The first-order chi connectivity index (χ1) is 17.9. The maximum absolute atomic E-state index is 13.3. The molecule has 3 aromatic rings. The van der Waals surface area contributed by atoms with E-state index < -0.39 is 0 Å². The molecule has 37 heavy (non-hydrogen) atoms. The number of hydrogen-bond donors (Lipinski definition) is 1. The van der Waals surface area contributed by atoms with Gasteiger partial charge in [0.25, 0.3) is 5.91 Å². The van der Waals surface area contributed by atoms with E-state index in [9.17, 15) is 4.79 Å². The topological polar surface area (TPSA) is 46.9 Å². The highest BCUT2D eigenvalue weighted by Crippen LogP contribution is 2.57. The van der Waals surface area contributed by atoms with Crippen LogP contribution in [0.3, 0.4) is 0 Å². The molecule has 0 atom stereocenters. The fraction of sp³-hybridized carbons (Fsp3) is 0.467. The maximum atomic E-state index is 13.3. The average molecular weight is 557 g/mol. The Balaban J connectivity index is 1.19.